The minimum absolute atomic E-state index is 0.0146. The Balaban J connectivity index is 2.21. The van der Waals surface area contributed by atoms with Gasteiger partial charge in [-0.25, -0.2) is 0 Å². The lowest BCUT2D eigenvalue weighted by molar-refractivity contribution is -0.384. The molecule has 1 amide bonds. The van der Waals surface area contributed by atoms with Crippen LogP contribution in [-0.2, 0) is 0 Å². The zero-order valence-electron chi connectivity index (χ0n) is 9.71. The molecule has 1 N–H and O–H groups in total. The molecule has 2 rings (SSSR count). The smallest absolute Gasteiger partial charge is 0.289 e. The molecule has 2 aromatic rings. The number of benzene rings is 1. The van der Waals surface area contributed by atoms with Gasteiger partial charge in [0.15, 0.2) is 10.8 Å². The molecular weight excluding hydrogens is 307 g/mol. The zero-order valence-corrected chi connectivity index (χ0v) is 11.2. The number of carbonyl (C=O) groups excluding carboxylic acids is 1. The van der Waals surface area contributed by atoms with E-state index >= 15 is 0 Å². The van der Waals surface area contributed by atoms with Crippen molar-refractivity contribution in [1.82, 2.24) is 10.2 Å². The summed E-state index contributed by atoms with van der Waals surface area (Å²) < 4.78 is 0. The third-order valence-corrected chi connectivity index (χ3v) is 2.79. The van der Waals surface area contributed by atoms with Gasteiger partial charge in [0.25, 0.3) is 11.6 Å². The van der Waals surface area contributed by atoms with E-state index in [1.165, 1.54) is 24.3 Å². The molecule has 0 radical (unpaired) electrons. The molecule has 0 aliphatic heterocycles. The Morgan fingerprint density at radius 2 is 1.95 bits per heavy atom. The van der Waals surface area contributed by atoms with Crippen LogP contribution in [0.4, 0.5) is 11.4 Å². The van der Waals surface area contributed by atoms with Crippen molar-refractivity contribution in [1.29, 1.82) is 0 Å². The molecule has 0 saturated heterocycles. The van der Waals surface area contributed by atoms with Crippen molar-refractivity contribution in [3.63, 3.8) is 0 Å². The third-order valence-electron chi connectivity index (χ3n) is 2.27. The minimum Gasteiger partial charge on any atom is -0.320 e. The highest BCUT2D eigenvalue weighted by Gasteiger charge is 2.15. The maximum atomic E-state index is 11.8. The van der Waals surface area contributed by atoms with Crippen LogP contribution in [0.3, 0.4) is 0 Å². The van der Waals surface area contributed by atoms with Gasteiger partial charge in [-0.2, -0.15) is 0 Å². The fourth-order valence-corrected chi connectivity index (χ4v) is 1.65. The third kappa shape index (κ3) is 3.19. The molecule has 7 nitrogen and oxygen atoms in total. The van der Waals surface area contributed by atoms with E-state index < -0.39 is 10.8 Å². The number of nitro benzene ring substituents is 1. The van der Waals surface area contributed by atoms with E-state index in [4.69, 9.17) is 23.2 Å². The summed E-state index contributed by atoms with van der Waals surface area (Å²) in [7, 11) is 0. The maximum Gasteiger partial charge on any atom is 0.289 e. The van der Waals surface area contributed by atoms with E-state index in [9.17, 15) is 14.9 Å². The second kappa shape index (κ2) is 5.81. The van der Waals surface area contributed by atoms with Gasteiger partial charge >= 0.3 is 0 Å². The highest BCUT2D eigenvalue weighted by molar-refractivity contribution is 6.32. The molecule has 0 aliphatic rings. The topological polar surface area (TPSA) is 98.0 Å². The number of aromatic nitrogens is 2. The highest BCUT2D eigenvalue weighted by atomic mass is 35.5. The second-order valence-electron chi connectivity index (χ2n) is 3.62. The molecule has 0 fully saturated rings. The number of amides is 1. The Kier molecular flexibility index (Phi) is 4.11. The van der Waals surface area contributed by atoms with E-state index in [0.29, 0.717) is 0 Å². The van der Waals surface area contributed by atoms with Crippen LogP contribution in [0.5, 0.6) is 0 Å². The number of carbonyl (C=O) groups is 1. The molecule has 0 unspecified atom stereocenters. The van der Waals surface area contributed by atoms with Crippen LogP contribution < -0.4 is 5.32 Å². The Morgan fingerprint density at radius 1 is 1.20 bits per heavy atom. The average Bonchev–Trinajstić information content (AvgIpc) is 2.41. The van der Waals surface area contributed by atoms with Gasteiger partial charge in [-0.15, -0.1) is 10.2 Å². The van der Waals surface area contributed by atoms with Gasteiger partial charge in [0.05, 0.1) is 4.92 Å². The number of anilines is 1. The van der Waals surface area contributed by atoms with Crippen molar-refractivity contribution >= 4 is 40.5 Å². The average molecular weight is 313 g/mol. The number of nitro groups is 1. The molecule has 0 saturated carbocycles. The molecule has 9 heteroatoms. The Bertz CT molecular complexity index is 676. The molecule has 0 atom stereocenters. The molecular formula is C11H6Cl2N4O3. The predicted octanol–water partition coefficient (Wildman–Crippen LogP) is 2.94. The zero-order chi connectivity index (χ0) is 14.7. The van der Waals surface area contributed by atoms with Crippen molar-refractivity contribution in [2.45, 2.75) is 0 Å². The Morgan fingerprint density at radius 3 is 2.55 bits per heavy atom. The van der Waals surface area contributed by atoms with Crippen molar-refractivity contribution in [3.8, 4) is 0 Å². The summed E-state index contributed by atoms with van der Waals surface area (Å²) in [4.78, 5) is 21.9. The van der Waals surface area contributed by atoms with Crippen LogP contribution in [0.15, 0.2) is 30.3 Å². The molecule has 1 aromatic carbocycles. The first-order chi connectivity index (χ1) is 9.47. The van der Waals surface area contributed by atoms with Gasteiger partial charge in [-0.1, -0.05) is 23.2 Å². The fraction of sp³-hybridized carbons (Fsp3) is 0. The summed E-state index contributed by atoms with van der Waals surface area (Å²) in [5.41, 5.74) is -0.0403. The van der Waals surface area contributed by atoms with Crippen molar-refractivity contribution in [2.24, 2.45) is 0 Å². The number of nitrogens with zero attached hydrogens (tertiary/aromatic N) is 3. The van der Waals surface area contributed by atoms with Gasteiger partial charge in [-0.3, -0.25) is 14.9 Å². The van der Waals surface area contributed by atoms with Crippen LogP contribution in [-0.4, -0.2) is 21.0 Å². The fourth-order valence-electron chi connectivity index (χ4n) is 1.36. The second-order valence-corrected chi connectivity index (χ2v) is 4.41. The van der Waals surface area contributed by atoms with Gasteiger partial charge in [0.2, 0.25) is 0 Å². The van der Waals surface area contributed by atoms with Gasteiger partial charge in [0, 0.05) is 11.8 Å². The number of nitrogens with one attached hydrogen (secondary N) is 1. The lowest BCUT2D eigenvalue weighted by atomic mass is 10.2. The first kappa shape index (κ1) is 14.2. The molecule has 102 valence electrons. The summed E-state index contributed by atoms with van der Waals surface area (Å²) in [5.74, 6) is -0.564. The standard InChI is InChI=1S/C11H6Cl2N4O3/c12-7-2-1-6(5-9(7)17(19)20)14-11(18)8-3-4-10(13)16-15-8/h1-5H,(H,14,18). The number of hydrogen-bond donors (Lipinski definition) is 1. The summed E-state index contributed by atoms with van der Waals surface area (Å²) >= 11 is 11.2. The quantitative estimate of drug-likeness (QED) is 0.694. The van der Waals surface area contributed by atoms with E-state index in [2.05, 4.69) is 15.5 Å². The lowest BCUT2D eigenvalue weighted by Crippen LogP contribution is -2.14. The van der Waals surface area contributed by atoms with E-state index in [0.717, 1.165) is 6.07 Å². The molecule has 1 heterocycles. The van der Waals surface area contributed by atoms with E-state index in [-0.39, 0.29) is 27.2 Å². The first-order valence-corrected chi connectivity index (χ1v) is 5.97. The van der Waals surface area contributed by atoms with Crippen LogP contribution in [0.25, 0.3) is 0 Å². The van der Waals surface area contributed by atoms with Gasteiger partial charge in [0.1, 0.15) is 5.02 Å². The highest BCUT2D eigenvalue weighted by Crippen LogP contribution is 2.27. The van der Waals surface area contributed by atoms with Crippen LogP contribution >= 0.6 is 23.2 Å². The normalized spacial score (nSPS) is 10.1. The molecule has 0 aliphatic carbocycles. The van der Waals surface area contributed by atoms with Crippen molar-refractivity contribution in [2.75, 3.05) is 5.32 Å². The monoisotopic (exact) mass is 312 g/mol. The molecule has 0 bridgehead atoms. The largest absolute Gasteiger partial charge is 0.320 e. The first-order valence-electron chi connectivity index (χ1n) is 5.22. The Labute approximate surface area is 122 Å². The molecule has 1 aromatic heterocycles. The predicted molar refractivity (Wildman–Crippen MR) is 73.1 cm³/mol. The lowest BCUT2D eigenvalue weighted by Gasteiger charge is -2.04. The van der Waals surface area contributed by atoms with Crippen molar-refractivity contribution < 1.29 is 9.72 Å². The molecule has 20 heavy (non-hydrogen) atoms. The van der Waals surface area contributed by atoms with Crippen LogP contribution in [0.2, 0.25) is 10.2 Å². The summed E-state index contributed by atoms with van der Waals surface area (Å²) in [5, 5.41) is 20.5. The van der Waals surface area contributed by atoms with Gasteiger partial charge < -0.3 is 5.32 Å². The Hall–Kier alpha value is -2.25. The maximum absolute atomic E-state index is 11.8. The number of halogens is 2. The van der Waals surface area contributed by atoms with E-state index in [1.54, 1.807) is 0 Å². The van der Waals surface area contributed by atoms with Crippen LogP contribution in [0.1, 0.15) is 10.5 Å². The van der Waals surface area contributed by atoms with Gasteiger partial charge in [-0.05, 0) is 24.3 Å². The summed E-state index contributed by atoms with van der Waals surface area (Å²) in [6, 6.07) is 6.71. The SMILES string of the molecule is O=C(Nc1ccc(Cl)c([N+](=O)[O-])c1)c1ccc(Cl)nn1. The number of hydrogen-bond acceptors (Lipinski definition) is 5. The van der Waals surface area contributed by atoms with Crippen molar-refractivity contribution in [3.05, 3.63) is 56.3 Å². The molecule has 0 spiro atoms. The summed E-state index contributed by atoms with van der Waals surface area (Å²) in [6.45, 7) is 0. The number of rotatable bonds is 3. The van der Waals surface area contributed by atoms with E-state index in [1.807, 2.05) is 0 Å². The minimum atomic E-state index is -0.639. The summed E-state index contributed by atoms with van der Waals surface area (Å²) in [6.07, 6.45) is 0. The van der Waals surface area contributed by atoms with Crippen LogP contribution in [0, 0.1) is 10.1 Å².